The van der Waals surface area contributed by atoms with E-state index in [-0.39, 0.29) is 97.0 Å². The average molecular weight is 777 g/mol. The van der Waals surface area contributed by atoms with Crippen molar-refractivity contribution in [2.24, 2.45) is 0 Å². The van der Waals surface area contributed by atoms with Gasteiger partial charge in [-0.05, 0) is 23.3 Å². The Morgan fingerprint density at radius 1 is 0.682 bits per heavy atom. The maximum absolute atomic E-state index is 12.0. The molecule has 1 radical (unpaired) electrons. The predicted molar refractivity (Wildman–Crippen MR) is 149 cm³/mol. The van der Waals surface area contributed by atoms with E-state index in [0.717, 1.165) is 12.0 Å². The zero-order chi connectivity index (χ0) is 30.1. The van der Waals surface area contributed by atoms with Crippen LogP contribution in [-0.2, 0) is 37.7 Å². The minimum Gasteiger partial charge on any atom is -0.255 e. The Balaban J connectivity index is -0.0000000230. The van der Waals surface area contributed by atoms with Crippen molar-refractivity contribution in [1.82, 2.24) is 0 Å². The van der Waals surface area contributed by atoms with Crippen LogP contribution >= 0.6 is 0 Å². The summed E-state index contributed by atoms with van der Waals surface area (Å²) in [5.74, 6) is 0.233. The van der Waals surface area contributed by atoms with E-state index in [9.17, 15) is 70.4 Å². The maximum Gasteiger partial charge on any atom is 0.559 e. The van der Waals surface area contributed by atoms with Crippen LogP contribution < -0.4 is 0 Å². The van der Waals surface area contributed by atoms with Crippen LogP contribution in [0.5, 0.6) is 0 Å². The molecule has 0 N–H and O–H groups in total. The van der Waals surface area contributed by atoms with Crippen LogP contribution in [0.15, 0.2) is 24.3 Å². The van der Waals surface area contributed by atoms with Gasteiger partial charge in [-0.1, -0.05) is 65.3 Å². The third-order valence-electron chi connectivity index (χ3n) is 2.76. The molecule has 281 valence electrons. The largest absolute Gasteiger partial charge is 0.559 e. The third kappa shape index (κ3) is 148. The fourth-order valence-corrected chi connectivity index (χ4v) is 1.83. The molecule has 1 rings (SSSR count). The zero-order valence-corrected chi connectivity index (χ0v) is 22.4. The summed E-state index contributed by atoms with van der Waals surface area (Å²) in [6.45, 7) is -4.59. The smallest absolute Gasteiger partial charge is 0.255 e. The van der Waals surface area contributed by atoms with Crippen molar-refractivity contribution in [2.75, 3.05) is 34.8 Å². The second-order valence-electron chi connectivity index (χ2n) is 4.90. The van der Waals surface area contributed by atoms with E-state index in [0.29, 0.717) is 13.6 Å². The SMILES string of the molecule is C.C.C.C.C.C.C.CCC(CCCC(F)(F)F)c1cc[c-]cc1.CF.FC(F)(F)F.FCF.FCF.FCF.FCOF.[Y]. The molecular weight excluding hydrogens is 721 g/mol. The summed E-state index contributed by atoms with van der Waals surface area (Å²) < 4.78 is 162. The van der Waals surface area contributed by atoms with Gasteiger partial charge in [0, 0.05) is 39.1 Å². The van der Waals surface area contributed by atoms with Gasteiger partial charge in [-0.15, -0.1) is 17.6 Å². The van der Waals surface area contributed by atoms with Crippen molar-refractivity contribution in [2.45, 2.75) is 103 Å². The van der Waals surface area contributed by atoms with Gasteiger partial charge in [0.2, 0.25) is 27.6 Å². The molecule has 0 bridgehead atoms. The van der Waals surface area contributed by atoms with Crippen LogP contribution in [0.4, 0.5) is 70.4 Å². The van der Waals surface area contributed by atoms with E-state index in [1.807, 2.05) is 31.2 Å². The summed E-state index contributed by atoms with van der Waals surface area (Å²) >= 11 is 0. The molecule has 0 aliphatic carbocycles. The minimum absolute atomic E-state index is 0. The van der Waals surface area contributed by atoms with Gasteiger partial charge < -0.3 is 0 Å². The number of hydrogen-bond donors (Lipinski definition) is 0. The molecule has 0 aromatic heterocycles. The number of alkyl halides is 15. The molecule has 1 aromatic rings. The van der Waals surface area contributed by atoms with E-state index in [4.69, 9.17) is 0 Å². The Bertz CT molecular complexity index is 457. The second kappa shape index (κ2) is 73.6. The van der Waals surface area contributed by atoms with E-state index >= 15 is 0 Å². The van der Waals surface area contributed by atoms with Crippen LogP contribution in [0.25, 0.3) is 0 Å². The number of hydrogen-bond acceptors (Lipinski definition) is 1. The molecule has 0 saturated heterocycles. The summed E-state index contributed by atoms with van der Waals surface area (Å²) in [5, 5.41) is 0. The van der Waals surface area contributed by atoms with Gasteiger partial charge in [-0.3, -0.25) is 4.39 Å². The Morgan fingerprint density at radius 2 is 0.932 bits per heavy atom. The van der Waals surface area contributed by atoms with Crippen LogP contribution in [0, 0.1) is 6.07 Å². The van der Waals surface area contributed by atoms with Crippen LogP contribution in [0.2, 0.25) is 0 Å². The van der Waals surface area contributed by atoms with E-state index in [1.165, 1.54) is 0 Å². The molecule has 1 aromatic carbocycles. The molecule has 1 unspecified atom stereocenters. The van der Waals surface area contributed by atoms with Gasteiger partial charge >= 0.3 is 12.6 Å². The molecule has 0 amide bonds. The van der Waals surface area contributed by atoms with Crippen LogP contribution in [0.1, 0.15) is 96.1 Å². The number of rotatable bonds is 6. The Labute approximate surface area is 281 Å². The molecule has 0 fully saturated rings. The normalized spacial score (nSPS) is 8.41. The first-order chi connectivity index (χ1) is 16.7. The fraction of sp³-hybridized carbons (Fsp3) is 0.769. The molecular formula is C26H55F16OY-. The fourth-order valence-electron chi connectivity index (χ4n) is 1.83. The quantitative estimate of drug-likeness (QED) is 0.207. The van der Waals surface area contributed by atoms with Crippen molar-refractivity contribution in [3.63, 3.8) is 0 Å². The number of halogens is 16. The molecule has 0 aliphatic rings. The molecule has 1 atom stereocenters. The minimum atomic E-state index is -5.50. The molecule has 0 heterocycles. The molecule has 44 heavy (non-hydrogen) atoms. The second-order valence-corrected chi connectivity index (χ2v) is 4.90. The molecule has 0 spiro atoms. The first-order valence-corrected chi connectivity index (χ1v) is 9.00. The predicted octanol–water partition coefficient (Wildman–Crippen LogP) is 14.7. The summed E-state index contributed by atoms with van der Waals surface area (Å²) in [5.41, 5.74) is 1.11. The van der Waals surface area contributed by atoms with Gasteiger partial charge in [0.15, 0.2) is 0 Å². The summed E-state index contributed by atoms with van der Waals surface area (Å²) in [7, 11) is 0.500. The van der Waals surface area contributed by atoms with Crippen LogP contribution in [0.3, 0.4) is 0 Å². The van der Waals surface area contributed by atoms with Crippen molar-refractivity contribution in [3.05, 3.63) is 35.9 Å². The van der Waals surface area contributed by atoms with Crippen molar-refractivity contribution in [3.8, 4) is 0 Å². The first kappa shape index (κ1) is 90.2. The standard InChI is InChI=1S/C13H16F3.CF4.CH2F2O.3CH2F2.CH3F.7CH4.Y/c1-2-11(9-6-10-13(14,15)16)12-7-4-3-5-8-12;2-1(3,4)5;2-1-4-3;3*2-1-3;1-2;;;;;;;;/h4-5,7-8,11H,2,6,9-10H2,1H3;;1H2;3*1H2;1H3;7*1H4;/q-1;;;;;;;;;;;;;;. The molecule has 18 heteroatoms. The average Bonchev–Trinajstić information content (AvgIpc) is 2.79. The van der Waals surface area contributed by atoms with Gasteiger partial charge in [0.05, 0.1) is 7.18 Å². The summed E-state index contributed by atoms with van der Waals surface area (Å²) in [6.07, 6.45) is -8.52. The first-order valence-electron chi connectivity index (χ1n) is 9.00. The molecule has 0 aliphatic heterocycles. The van der Waals surface area contributed by atoms with Gasteiger partial charge in [0.1, 0.15) is 0 Å². The van der Waals surface area contributed by atoms with Crippen molar-refractivity contribution < 1.29 is 108 Å². The zero-order valence-electron chi connectivity index (χ0n) is 19.6. The monoisotopic (exact) mass is 776 g/mol. The third-order valence-corrected chi connectivity index (χ3v) is 2.76. The van der Waals surface area contributed by atoms with E-state index in [1.54, 1.807) is 0 Å². The van der Waals surface area contributed by atoms with Gasteiger partial charge in [0.25, 0.3) is 0 Å². The number of benzene rings is 1. The topological polar surface area (TPSA) is 9.23 Å². The van der Waals surface area contributed by atoms with Gasteiger partial charge in [-0.25, -0.2) is 30.7 Å². The molecule has 0 saturated carbocycles. The summed E-state index contributed by atoms with van der Waals surface area (Å²) in [4.78, 5) is 2.38. The molecule has 1 nitrogen and oxygen atoms in total. The van der Waals surface area contributed by atoms with Crippen molar-refractivity contribution >= 4 is 0 Å². The maximum atomic E-state index is 12.0. The van der Waals surface area contributed by atoms with Crippen molar-refractivity contribution in [1.29, 1.82) is 0 Å². The van der Waals surface area contributed by atoms with Crippen LogP contribution in [-0.4, -0.2) is 47.4 Å². The van der Waals surface area contributed by atoms with E-state index in [2.05, 4.69) is 11.0 Å². The van der Waals surface area contributed by atoms with Gasteiger partial charge in [-0.2, -0.15) is 54.0 Å². The Kier molecular flexibility index (Phi) is 151. The summed E-state index contributed by atoms with van der Waals surface area (Å²) in [6, 6.07) is 10.4. The van der Waals surface area contributed by atoms with E-state index < -0.39 is 46.7 Å². The Morgan fingerprint density at radius 3 is 1.11 bits per heavy atom. The Hall–Kier alpha value is -0.836.